The molecule has 4 heterocycles. The molecule has 5 rings (SSSR count). The van der Waals surface area contributed by atoms with Crippen LogP contribution in [0.25, 0.3) is 0 Å². The van der Waals surface area contributed by atoms with Crippen LogP contribution >= 0.6 is 22.4 Å². The molecule has 10 heteroatoms. The van der Waals surface area contributed by atoms with Gasteiger partial charge in [-0.25, -0.2) is 0 Å². The fourth-order valence-electron chi connectivity index (χ4n) is 3.26. The first kappa shape index (κ1) is 27.0. The second-order valence-electron chi connectivity index (χ2n) is 7.12. The molecule has 2 N–H and O–H groups in total. The Balaban J connectivity index is 0.000000198. The highest BCUT2D eigenvalue weighted by Crippen LogP contribution is 2.33. The van der Waals surface area contributed by atoms with E-state index < -0.39 is 23.3 Å². The number of carbonyl (C=O) groups excluding carboxylic acids is 2. The lowest BCUT2D eigenvalue weighted by atomic mass is 9.86. The third kappa shape index (κ3) is 5.96. The number of ketones is 2. The molecule has 0 aliphatic rings. The topological polar surface area (TPSA) is 127 Å². The number of benzene rings is 1. The van der Waals surface area contributed by atoms with Gasteiger partial charge in [-0.15, -0.1) is 0 Å². The molecular formula is C26H20BIO8. The number of hydrogen-bond donors (Lipinski definition) is 2. The van der Waals surface area contributed by atoms with Crippen LogP contribution in [0.3, 0.4) is 0 Å². The summed E-state index contributed by atoms with van der Waals surface area (Å²) in [5.41, 5.74) is 3.00. The van der Waals surface area contributed by atoms with Crippen LogP contribution in [0.2, 0.25) is 0 Å². The largest absolute Gasteiger partial charge is 0.466 e. The lowest BCUT2D eigenvalue weighted by Crippen LogP contribution is -2.36. The summed E-state index contributed by atoms with van der Waals surface area (Å²) in [6.07, 6.45) is 4.28. The van der Waals surface area contributed by atoms with Crippen LogP contribution in [0.15, 0.2) is 122 Å². The van der Waals surface area contributed by atoms with E-state index in [2.05, 4.69) is 5.70 Å². The molecule has 0 amide bonds. The van der Waals surface area contributed by atoms with Gasteiger partial charge in [0.25, 0.3) is 0 Å². The van der Waals surface area contributed by atoms with Crippen molar-refractivity contribution >= 4 is 39.6 Å². The lowest BCUT2D eigenvalue weighted by molar-refractivity contribution is 0.0368. The van der Waals surface area contributed by atoms with Gasteiger partial charge in [0, 0.05) is 0 Å². The predicted molar refractivity (Wildman–Crippen MR) is 138 cm³/mol. The first-order chi connectivity index (χ1) is 17.5. The molecule has 8 nitrogen and oxygen atoms in total. The molecule has 5 aromatic rings. The summed E-state index contributed by atoms with van der Waals surface area (Å²) in [6.45, 7) is 0. The number of rotatable bonds is 7. The van der Waals surface area contributed by atoms with Crippen molar-refractivity contribution in [3.05, 3.63) is 133 Å². The monoisotopic (exact) mass is 598 g/mol. The molecule has 0 saturated carbocycles. The van der Waals surface area contributed by atoms with Gasteiger partial charge >= 0.3 is 0 Å². The fraction of sp³-hybridized carbons (Fsp3) is 0.0769. The average molecular weight is 598 g/mol. The van der Waals surface area contributed by atoms with Crippen LogP contribution in [-0.4, -0.2) is 27.5 Å². The van der Waals surface area contributed by atoms with Gasteiger partial charge < -0.3 is 27.9 Å². The number of halogens is 1. The zero-order valence-corrected chi connectivity index (χ0v) is 20.8. The van der Waals surface area contributed by atoms with E-state index in [1.165, 1.54) is 43.3 Å². The molecule has 36 heavy (non-hydrogen) atoms. The molecule has 0 bridgehead atoms. The van der Waals surface area contributed by atoms with Crippen molar-refractivity contribution in [3.63, 3.8) is 0 Å². The van der Waals surface area contributed by atoms with Crippen molar-refractivity contribution in [1.82, 2.24) is 0 Å². The van der Waals surface area contributed by atoms with Gasteiger partial charge in [0.2, 0.25) is 17.2 Å². The van der Waals surface area contributed by atoms with Crippen LogP contribution in [0, 0.1) is 0 Å². The van der Waals surface area contributed by atoms with E-state index in [0.717, 1.165) is 0 Å². The molecule has 0 aliphatic carbocycles. The van der Waals surface area contributed by atoms with Gasteiger partial charge in [-0.3, -0.25) is 9.59 Å². The van der Waals surface area contributed by atoms with Crippen LogP contribution in [0.5, 0.6) is 0 Å². The van der Waals surface area contributed by atoms with Crippen LogP contribution in [0.4, 0.5) is 0 Å². The fourth-order valence-corrected chi connectivity index (χ4v) is 3.26. The maximum atomic E-state index is 12.6. The van der Waals surface area contributed by atoms with Crippen molar-refractivity contribution in [1.29, 1.82) is 0 Å². The highest BCUT2D eigenvalue weighted by atomic mass is 127. The van der Waals surface area contributed by atoms with E-state index >= 15 is 0 Å². The molecule has 0 spiro atoms. The number of hydrogen-bond acceptors (Lipinski definition) is 8. The van der Waals surface area contributed by atoms with Crippen LogP contribution < -0.4 is 0 Å². The number of Topliss-reactive ketones (excluding diaryl/α,β-unsaturated/α-hetero) is 2. The quantitative estimate of drug-likeness (QED) is 0.147. The van der Waals surface area contributed by atoms with Gasteiger partial charge in [0.05, 0.1) is 25.1 Å². The molecule has 0 saturated heterocycles. The Morgan fingerprint density at radius 1 is 0.722 bits per heavy atom. The summed E-state index contributed by atoms with van der Waals surface area (Å²) < 4.78 is 20.1. The standard InChI is InChI=1S/C16H12O4.C10H8O4.BI/c17-15(13-8-4-10-19-13)16(18,14-9-5-11-20-14)12-6-2-1-3-7-12;11-9(7-3-1-5-13-7)10(12)8-4-2-6-14-8;1-2/h1-11,18H;1-6,9,11H;. The Hall–Kier alpha value is -3.61. The minimum atomic E-state index is -1.90. The third-order valence-corrected chi connectivity index (χ3v) is 4.97. The predicted octanol–water partition coefficient (Wildman–Crippen LogP) is 5.29. The Morgan fingerprint density at radius 3 is 1.81 bits per heavy atom. The molecular weight excluding hydrogens is 578 g/mol. The molecule has 2 unspecified atom stereocenters. The Bertz CT molecular complexity index is 1300. The first-order valence-electron chi connectivity index (χ1n) is 10.4. The average Bonchev–Trinajstić information content (AvgIpc) is 3.77. The van der Waals surface area contributed by atoms with Crippen molar-refractivity contribution in [2.24, 2.45) is 0 Å². The van der Waals surface area contributed by atoms with E-state index in [1.807, 2.05) is 6.07 Å². The summed E-state index contributed by atoms with van der Waals surface area (Å²) in [5.74, 6) is -0.508. The van der Waals surface area contributed by atoms with Crippen LogP contribution in [-0.2, 0) is 5.60 Å². The zero-order valence-electron chi connectivity index (χ0n) is 18.7. The van der Waals surface area contributed by atoms with Gasteiger partial charge in [-0.1, -0.05) is 30.3 Å². The molecule has 4 aromatic heterocycles. The Labute approximate surface area is 220 Å². The summed E-state index contributed by atoms with van der Waals surface area (Å²) in [6, 6.07) is 21.2. The number of carbonyl (C=O) groups is 2. The van der Waals surface area contributed by atoms with Crippen molar-refractivity contribution < 1.29 is 37.5 Å². The highest BCUT2D eigenvalue weighted by Gasteiger charge is 2.44. The number of furan rings is 4. The van der Waals surface area contributed by atoms with E-state index in [9.17, 15) is 19.8 Å². The maximum Gasteiger partial charge on any atom is 0.241 e. The smallest absolute Gasteiger partial charge is 0.241 e. The van der Waals surface area contributed by atoms with E-state index in [1.54, 1.807) is 77.0 Å². The molecule has 2 radical (unpaired) electrons. The Morgan fingerprint density at radius 2 is 1.28 bits per heavy atom. The molecule has 182 valence electrons. The maximum absolute atomic E-state index is 12.6. The summed E-state index contributed by atoms with van der Waals surface area (Å²) in [5, 5.41) is 20.5. The molecule has 1 aromatic carbocycles. The second kappa shape index (κ2) is 12.9. The zero-order chi connectivity index (χ0) is 26.0. The normalized spacial score (nSPS) is 12.8. The van der Waals surface area contributed by atoms with Crippen LogP contribution in [0.1, 0.15) is 44.3 Å². The van der Waals surface area contributed by atoms with E-state index in [-0.39, 0.29) is 23.0 Å². The first-order valence-corrected chi connectivity index (χ1v) is 11.7. The van der Waals surface area contributed by atoms with Gasteiger partial charge in [-0.05, 0) is 54.1 Å². The van der Waals surface area contributed by atoms with Crippen molar-refractivity contribution in [2.45, 2.75) is 11.7 Å². The van der Waals surface area contributed by atoms with Gasteiger partial charge in [0.15, 0.2) is 23.3 Å². The third-order valence-electron chi connectivity index (χ3n) is 4.97. The van der Waals surface area contributed by atoms with Gasteiger partial charge in [-0.2, -0.15) is 22.4 Å². The minimum Gasteiger partial charge on any atom is -0.466 e. The number of aliphatic hydroxyl groups excluding tert-OH is 1. The SMILES string of the molecule is O=C(c1ccco1)C(O)(c1ccccc1)c1ccco1.O=C(c1ccco1)C(O)c1ccco1.[B]I. The molecule has 2 atom stereocenters. The highest BCUT2D eigenvalue weighted by molar-refractivity contribution is 14.1. The Kier molecular flexibility index (Phi) is 9.68. The number of aliphatic hydroxyl groups is 2. The summed E-state index contributed by atoms with van der Waals surface area (Å²) in [7, 11) is 0. The summed E-state index contributed by atoms with van der Waals surface area (Å²) in [4.78, 5) is 24.1. The van der Waals surface area contributed by atoms with E-state index in [0.29, 0.717) is 5.56 Å². The lowest BCUT2D eigenvalue weighted by Gasteiger charge is -2.23. The van der Waals surface area contributed by atoms with Crippen molar-refractivity contribution in [2.75, 3.05) is 0 Å². The second-order valence-corrected chi connectivity index (χ2v) is 7.12. The molecule has 0 fully saturated rings. The molecule has 0 aliphatic heterocycles. The van der Waals surface area contributed by atoms with E-state index in [4.69, 9.17) is 17.7 Å². The van der Waals surface area contributed by atoms with Gasteiger partial charge in [0.1, 0.15) is 11.5 Å². The minimum absolute atomic E-state index is 0.0766. The van der Waals surface area contributed by atoms with Crippen molar-refractivity contribution in [3.8, 4) is 0 Å². The summed E-state index contributed by atoms with van der Waals surface area (Å²) >= 11 is 1.65.